The van der Waals surface area contributed by atoms with Crippen LogP contribution in [-0.4, -0.2) is 9.55 Å². The van der Waals surface area contributed by atoms with Crippen LogP contribution in [0.5, 0.6) is 0 Å². The van der Waals surface area contributed by atoms with Gasteiger partial charge in [0.2, 0.25) is 0 Å². The summed E-state index contributed by atoms with van der Waals surface area (Å²) in [5.74, 6) is 0. The zero-order valence-electron chi connectivity index (χ0n) is 8.27. The molecule has 0 fully saturated rings. The number of nitrogens with zero attached hydrogens (tertiary/aromatic N) is 2. The monoisotopic (exact) mass is 207 g/mol. The van der Waals surface area contributed by atoms with Gasteiger partial charge < -0.3 is 10.3 Å². The molecule has 0 saturated carbocycles. The molecule has 4 heteroatoms. The third-order valence-electron chi connectivity index (χ3n) is 2.11. The highest BCUT2D eigenvalue weighted by atomic mass is 32.1. The van der Waals surface area contributed by atoms with Crippen LogP contribution in [0.2, 0.25) is 0 Å². The summed E-state index contributed by atoms with van der Waals surface area (Å²) in [5, 5.41) is 0. The van der Waals surface area contributed by atoms with Gasteiger partial charge in [-0.15, -0.1) is 11.3 Å². The second-order valence-corrected chi connectivity index (χ2v) is 4.71. The van der Waals surface area contributed by atoms with Crippen LogP contribution in [0.3, 0.4) is 0 Å². The van der Waals surface area contributed by atoms with Gasteiger partial charge in [-0.05, 0) is 19.1 Å². The lowest BCUT2D eigenvalue weighted by atomic mass is 10.2. The molecule has 14 heavy (non-hydrogen) atoms. The molecule has 2 aromatic rings. The molecule has 0 spiro atoms. The SMILES string of the molecule is Cc1ccc(C(N)c2cn(C)cn2)s1. The van der Waals surface area contributed by atoms with Gasteiger partial charge in [0.1, 0.15) is 0 Å². The van der Waals surface area contributed by atoms with Gasteiger partial charge in [-0.25, -0.2) is 4.98 Å². The van der Waals surface area contributed by atoms with Crippen molar-refractivity contribution in [1.82, 2.24) is 9.55 Å². The van der Waals surface area contributed by atoms with E-state index < -0.39 is 0 Å². The average Bonchev–Trinajstić information content (AvgIpc) is 2.73. The van der Waals surface area contributed by atoms with Crippen LogP contribution in [0.25, 0.3) is 0 Å². The molecule has 0 radical (unpaired) electrons. The van der Waals surface area contributed by atoms with Crippen molar-refractivity contribution in [2.75, 3.05) is 0 Å². The Bertz CT molecular complexity index is 390. The molecule has 2 rings (SSSR count). The molecule has 1 unspecified atom stereocenters. The van der Waals surface area contributed by atoms with E-state index in [2.05, 4.69) is 24.0 Å². The van der Waals surface area contributed by atoms with Crippen molar-refractivity contribution < 1.29 is 0 Å². The Kier molecular flexibility index (Phi) is 2.39. The number of rotatable bonds is 2. The molecule has 0 aliphatic rings. The van der Waals surface area contributed by atoms with E-state index in [0.29, 0.717) is 0 Å². The van der Waals surface area contributed by atoms with Gasteiger partial charge in [-0.1, -0.05) is 0 Å². The largest absolute Gasteiger partial charge is 0.340 e. The molecular formula is C10H13N3S. The highest BCUT2D eigenvalue weighted by Gasteiger charge is 2.12. The summed E-state index contributed by atoms with van der Waals surface area (Å²) < 4.78 is 1.91. The van der Waals surface area contributed by atoms with Gasteiger partial charge in [0.05, 0.1) is 18.1 Å². The molecule has 0 aliphatic heterocycles. The van der Waals surface area contributed by atoms with E-state index >= 15 is 0 Å². The molecule has 3 nitrogen and oxygen atoms in total. The highest BCUT2D eigenvalue weighted by molar-refractivity contribution is 7.12. The second-order valence-electron chi connectivity index (χ2n) is 3.39. The molecule has 2 aromatic heterocycles. The number of aryl methyl sites for hydroxylation is 2. The van der Waals surface area contributed by atoms with E-state index in [1.54, 1.807) is 17.7 Å². The third-order valence-corrected chi connectivity index (χ3v) is 3.19. The predicted molar refractivity (Wildman–Crippen MR) is 58.3 cm³/mol. The second kappa shape index (κ2) is 3.55. The molecule has 0 saturated heterocycles. The third kappa shape index (κ3) is 1.71. The minimum atomic E-state index is -0.0881. The summed E-state index contributed by atoms with van der Waals surface area (Å²) in [6.07, 6.45) is 3.73. The molecule has 2 heterocycles. The first kappa shape index (κ1) is 9.43. The number of thiophene rings is 1. The van der Waals surface area contributed by atoms with Crippen LogP contribution in [0.1, 0.15) is 21.5 Å². The van der Waals surface area contributed by atoms with Gasteiger partial charge in [-0.2, -0.15) is 0 Å². The quantitative estimate of drug-likeness (QED) is 0.816. The van der Waals surface area contributed by atoms with E-state index in [9.17, 15) is 0 Å². The standard InChI is InChI=1S/C10H13N3S/c1-7-3-4-9(14-7)10(11)8-5-13(2)6-12-8/h3-6,10H,11H2,1-2H3. The van der Waals surface area contributed by atoms with Gasteiger partial charge in [-0.3, -0.25) is 0 Å². The van der Waals surface area contributed by atoms with Crippen LogP contribution in [0, 0.1) is 6.92 Å². The Hall–Kier alpha value is -1.13. The molecule has 74 valence electrons. The zero-order chi connectivity index (χ0) is 10.1. The average molecular weight is 207 g/mol. The zero-order valence-corrected chi connectivity index (χ0v) is 9.08. The van der Waals surface area contributed by atoms with Crippen molar-refractivity contribution in [2.45, 2.75) is 13.0 Å². The first-order valence-electron chi connectivity index (χ1n) is 4.46. The normalized spacial score (nSPS) is 13.1. The fraction of sp³-hybridized carbons (Fsp3) is 0.300. The number of hydrogen-bond donors (Lipinski definition) is 1. The van der Waals surface area contributed by atoms with Crippen molar-refractivity contribution in [3.05, 3.63) is 40.1 Å². The Morgan fingerprint density at radius 1 is 1.50 bits per heavy atom. The highest BCUT2D eigenvalue weighted by Crippen LogP contribution is 2.24. The lowest BCUT2D eigenvalue weighted by Crippen LogP contribution is -2.10. The minimum absolute atomic E-state index is 0.0881. The summed E-state index contributed by atoms with van der Waals surface area (Å²) in [6, 6.07) is 4.07. The smallest absolute Gasteiger partial charge is 0.0947 e. The van der Waals surface area contributed by atoms with Gasteiger partial charge >= 0.3 is 0 Å². The van der Waals surface area contributed by atoms with Gasteiger partial charge in [0.15, 0.2) is 0 Å². The van der Waals surface area contributed by atoms with Crippen LogP contribution in [-0.2, 0) is 7.05 Å². The lowest BCUT2D eigenvalue weighted by Gasteiger charge is -2.04. The summed E-state index contributed by atoms with van der Waals surface area (Å²) in [6.45, 7) is 2.08. The topological polar surface area (TPSA) is 43.8 Å². The van der Waals surface area contributed by atoms with Gasteiger partial charge in [0, 0.05) is 23.0 Å². The maximum atomic E-state index is 6.08. The molecule has 0 bridgehead atoms. The number of aromatic nitrogens is 2. The number of imidazole rings is 1. The fourth-order valence-electron chi connectivity index (χ4n) is 1.36. The van der Waals surface area contributed by atoms with Crippen LogP contribution in [0.4, 0.5) is 0 Å². The van der Waals surface area contributed by atoms with Crippen molar-refractivity contribution in [1.29, 1.82) is 0 Å². The maximum Gasteiger partial charge on any atom is 0.0947 e. The lowest BCUT2D eigenvalue weighted by molar-refractivity contribution is 0.852. The summed E-state index contributed by atoms with van der Waals surface area (Å²) in [7, 11) is 1.95. The Labute approximate surface area is 87.2 Å². The molecule has 0 aliphatic carbocycles. The first-order valence-corrected chi connectivity index (χ1v) is 5.28. The minimum Gasteiger partial charge on any atom is -0.340 e. The van der Waals surface area contributed by atoms with E-state index in [1.807, 2.05) is 17.8 Å². The Balaban J connectivity index is 2.28. The van der Waals surface area contributed by atoms with E-state index in [1.165, 1.54) is 9.75 Å². The molecular weight excluding hydrogens is 194 g/mol. The van der Waals surface area contributed by atoms with Crippen molar-refractivity contribution in [2.24, 2.45) is 12.8 Å². The number of nitrogens with two attached hydrogens (primary N) is 1. The molecule has 0 amide bonds. The molecule has 0 aromatic carbocycles. The first-order chi connectivity index (χ1) is 6.66. The van der Waals surface area contributed by atoms with Crippen molar-refractivity contribution >= 4 is 11.3 Å². The Morgan fingerprint density at radius 2 is 2.29 bits per heavy atom. The number of hydrogen-bond acceptors (Lipinski definition) is 3. The maximum absolute atomic E-state index is 6.08. The summed E-state index contributed by atoms with van der Waals surface area (Å²) in [4.78, 5) is 6.70. The van der Waals surface area contributed by atoms with E-state index in [-0.39, 0.29) is 6.04 Å². The van der Waals surface area contributed by atoms with Crippen molar-refractivity contribution in [3.63, 3.8) is 0 Å². The Morgan fingerprint density at radius 3 is 2.79 bits per heavy atom. The van der Waals surface area contributed by atoms with Crippen LogP contribution < -0.4 is 5.73 Å². The summed E-state index contributed by atoms with van der Waals surface area (Å²) in [5.41, 5.74) is 7.00. The predicted octanol–water partition coefficient (Wildman–Crippen LogP) is 1.84. The van der Waals surface area contributed by atoms with Gasteiger partial charge in [0.25, 0.3) is 0 Å². The molecule has 2 N–H and O–H groups in total. The molecule has 1 atom stereocenters. The fourth-order valence-corrected chi connectivity index (χ4v) is 2.25. The van der Waals surface area contributed by atoms with Crippen LogP contribution in [0.15, 0.2) is 24.7 Å². The van der Waals surface area contributed by atoms with E-state index in [0.717, 1.165) is 5.69 Å². The summed E-state index contributed by atoms with van der Waals surface area (Å²) >= 11 is 1.73. The van der Waals surface area contributed by atoms with Crippen LogP contribution >= 0.6 is 11.3 Å². The van der Waals surface area contributed by atoms with Crippen molar-refractivity contribution in [3.8, 4) is 0 Å². The van der Waals surface area contributed by atoms with E-state index in [4.69, 9.17) is 5.73 Å².